The second kappa shape index (κ2) is 6.73. The van der Waals surface area contributed by atoms with Gasteiger partial charge in [-0.15, -0.1) is 0 Å². The first-order valence-corrected chi connectivity index (χ1v) is 7.82. The Labute approximate surface area is 124 Å². The third kappa shape index (κ3) is 3.94. The summed E-state index contributed by atoms with van der Waals surface area (Å²) in [7, 11) is 0. The molecule has 1 fully saturated rings. The molecule has 1 heterocycles. The normalized spacial score (nSPS) is 27.2. The van der Waals surface area contributed by atoms with Crippen LogP contribution in [0.2, 0.25) is 0 Å². The van der Waals surface area contributed by atoms with E-state index in [0.717, 1.165) is 42.5 Å². The molecule has 4 heteroatoms. The number of nitrogens with two attached hydrogens (primary N) is 1. The van der Waals surface area contributed by atoms with Gasteiger partial charge >= 0.3 is 0 Å². The number of nitrogens with one attached hydrogen (secondary N) is 1. The fourth-order valence-electron chi connectivity index (χ4n) is 2.71. The van der Waals surface area contributed by atoms with Gasteiger partial charge in [-0.25, -0.2) is 0 Å². The van der Waals surface area contributed by atoms with Crippen LogP contribution in [0, 0.1) is 0 Å². The zero-order chi connectivity index (χ0) is 13.7. The number of anilines is 1. The van der Waals surface area contributed by atoms with Crippen molar-refractivity contribution in [2.45, 2.75) is 44.2 Å². The molecule has 3 N–H and O–H groups in total. The van der Waals surface area contributed by atoms with Crippen molar-refractivity contribution in [3.63, 3.8) is 0 Å². The maximum atomic E-state index is 6.05. The molecule has 3 nitrogen and oxygen atoms in total. The molecule has 0 saturated carbocycles. The van der Waals surface area contributed by atoms with Crippen molar-refractivity contribution in [3.8, 4) is 0 Å². The van der Waals surface area contributed by atoms with Crippen LogP contribution >= 0.6 is 15.9 Å². The Balaban J connectivity index is 2.06. The highest BCUT2D eigenvalue weighted by molar-refractivity contribution is 9.10. The molecule has 2 unspecified atom stereocenters. The quantitative estimate of drug-likeness (QED) is 0.870. The Morgan fingerprint density at radius 1 is 1.42 bits per heavy atom. The van der Waals surface area contributed by atoms with E-state index >= 15 is 0 Å². The fourth-order valence-corrected chi connectivity index (χ4v) is 2.98. The molecule has 0 bridgehead atoms. The Hall–Kier alpha value is -0.580. The molecule has 1 saturated heterocycles. The van der Waals surface area contributed by atoms with Gasteiger partial charge in [0.25, 0.3) is 0 Å². The number of halogens is 1. The van der Waals surface area contributed by atoms with Gasteiger partial charge in [0, 0.05) is 23.3 Å². The van der Waals surface area contributed by atoms with Gasteiger partial charge in [0.1, 0.15) is 0 Å². The van der Waals surface area contributed by atoms with Crippen LogP contribution in [0.3, 0.4) is 0 Å². The number of ether oxygens (including phenoxy) is 1. The summed E-state index contributed by atoms with van der Waals surface area (Å²) < 4.78 is 6.92. The molecule has 1 aliphatic rings. The highest BCUT2D eigenvalue weighted by Gasteiger charge is 2.35. The summed E-state index contributed by atoms with van der Waals surface area (Å²) in [5.74, 6) is 0. The largest absolute Gasteiger partial charge is 0.378 e. The molecule has 1 aromatic rings. The van der Waals surface area contributed by atoms with E-state index in [2.05, 4.69) is 52.4 Å². The molecule has 0 spiro atoms. The minimum atomic E-state index is -0.0219. The molecule has 0 radical (unpaired) electrons. The van der Waals surface area contributed by atoms with Crippen molar-refractivity contribution in [2.75, 3.05) is 18.5 Å². The first kappa shape index (κ1) is 14.8. The van der Waals surface area contributed by atoms with Gasteiger partial charge in [-0.2, -0.15) is 0 Å². The third-order valence-corrected chi connectivity index (χ3v) is 4.34. The lowest BCUT2D eigenvalue weighted by molar-refractivity contribution is -0.0155. The van der Waals surface area contributed by atoms with E-state index in [1.807, 2.05) is 0 Å². The smallest absolute Gasteiger partial charge is 0.0597 e. The molecule has 2 rings (SSSR count). The van der Waals surface area contributed by atoms with Gasteiger partial charge < -0.3 is 15.8 Å². The Kier molecular flexibility index (Phi) is 5.25. The Bertz CT molecular complexity index is 394. The van der Waals surface area contributed by atoms with Crippen LogP contribution in [0.25, 0.3) is 0 Å². The van der Waals surface area contributed by atoms with Crippen molar-refractivity contribution in [3.05, 3.63) is 28.7 Å². The molecule has 1 aliphatic heterocycles. The number of rotatable bonds is 5. The van der Waals surface area contributed by atoms with Crippen LogP contribution in [0.1, 0.15) is 32.6 Å². The van der Waals surface area contributed by atoms with E-state index in [0.29, 0.717) is 12.6 Å². The first-order valence-electron chi connectivity index (χ1n) is 7.03. The zero-order valence-electron chi connectivity index (χ0n) is 11.5. The molecule has 1 aromatic carbocycles. The van der Waals surface area contributed by atoms with Crippen molar-refractivity contribution in [1.29, 1.82) is 0 Å². The lowest BCUT2D eigenvalue weighted by Gasteiger charge is -2.41. The molecular weight excluding hydrogens is 304 g/mol. The minimum Gasteiger partial charge on any atom is -0.378 e. The third-order valence-electron chi connectivity index (χ3n) is 3.81. The van der Waals surface area contributed by atoms with Crippen molar-refractivity contribution in [2.24, 2.45) is 5.73 Å². The predicted molar refractivity (Wildman–Crippen MR) is 83.4 cm³/mol. The topological polar surface area (TPSA) is 47.3 Å². The molecule has 19 heavy (non-hydrogen) atoms. The Morgan fingerprint density at radius 2 is 2.16 bits per heavy atom. The average Bonchev–Trinajstić information content (AvgIpc) is 2.42. The van der Waals surface area contributed by atoms with Crippen LogP contribution in [0.5, 0.6) is 0 Å². The second-order valence-electron chi connectivity index (χ2n) is 5.35. The van der Waals surface area contributed by atoms with E-state index in [-0.39, 0.29) is 5.54 Å². The van der Waals surface area contributed by atoms with Gasteiger partial charge in [-0.1, -0.05) is 29.3 Å². The van der Waals surface area contributed by atoms with E-state index in [1.165, 1.54) is 0 Å². The van der Waals surface area contributed by atoms with Crippen molar-refractivity contribution >= 4 is 21.6 Å². The number of hydrogen-bond donors (Lipinski definition) is 2. The summed E-state index contributed by atoms with van der Waals surface area (Å²) in [4.78, 5) is 0. The van der Waals surface area contributed by atoms with Gasteiger partial charge in [0.05, 0.1) is 11.6 Å². The van der Waals surface area contributed by atoms with Gasteiger partial charge in [0.2, 0.25) is 0 Å². The van der Waals surface area contributed by atoms with Gasteiger partial charge in [-0.3, -0.25) is 0 Å². The molecule has 2 atom stereocenters. The summed E-state index contributed by atoms with van der Waals surface area (Å²) >= 11 is 3.46. The van der Waals surface area contributed by atoms with Gasteiger partial charge in [-0.05, 0) is 43.5 Å². The van der Waals surface area contributed by atoms with E-state index in [1.54, 1.807) is 0 Å². The van der Waals surface area contributed by atoms with Crippen LogP contribution in [-0.2, 0) is 4.74 Å². The van der Waals surface area contributed by atoms with Crippen LogP contribution in [0.15, 0.2) is 28.7 Å². The molecule has 0 aliphatic carbocycles. The number of hydrogen-bond acceptors (Lipinski definition) is 3. The predicted octanol–water partition coefficient (Wildman–Crippen LogP) is 3.54. The minimum absolute atomic E-state index is 0.0219. The van der Waals surface area contributed by atoms with Crippen molar-refractivity contribution < 1.29 is 4.74 Å². The second-order valence-corrected chi connectivity index (χ2v) is 6.27. The van der Waals surface area contributed by atoms with E-state index < -0.39 is 0 Å². The van der Waals surface area contributed by atoms with Crippen LogP contribution in [-0.4, -0.2) is 24.8 Å². The highest BCUT2D eigenvalue weighted by atomic mass is 79.9. The molecule has 106 valence electrons. The fraction of sp³-hybridized carbons (Fsp3) is 0.600. The SMILES string of the molecule is CCCC1CC(CN)(Nc2ccc(Br)cc2)CCO1. The summed E-state index contributed by atoms with van der Waals surface area (Å²) in [6.45, 7) is 3.64. The first-order chi connectivity index (χ1) is 9.17. The van der Waals surface area contributed by atoms with Gasteiger partial charge in [0.15, 0.2) is 0 Å². The Morgan fingerprint density at radius 3 is 2.79 bits per heavy atom. The van der Waals surface area contributed by atoms with E-state index in [4.69, 9.17) is 10.5 Å². The average molecular weight is 327 g/mol. The summed E-state index contributed by atoms with van der Waals surface area (Å²) in [5, 5.41) is 3.63. The monoisotopic (exact) mass is 326 g/mol. The summed E-state index contributed by atoms with van der Waals surface area (Å²) in [5.41, 5.74) is 7.16. The van der Waals surface area contributed by atoms with E-state index in [9.17, 15) is 0 Å². The maximum absolute atomic E-state index is 6.05. The van der Waals surface area contributed by atoms with Crippen molar-refractivity contribution in [1.82, 2.24) is 0 Å². The standard InChI is InChI=1S/C15H23BrN2O/c1-2-3-14-10-15(11-17,8-9-19-14)18-13-6-4-12(16)5-7-13/h4-7,14,18H,2-3,8-11,17H2,1H3. The molecular formula is C15H23BrN2O. The summed E-state index contributed by atoms with van der Waals surface area (Å²) in [6.07, 6.45) is 4.57. The highest BCUT2D eigenvalue weighted by Crippen LogP contribution is 2.30. The molecule has 0 amide bonds. The lowest BCUT2D eigenvalue weighted by Crippen LogP contribution is -2.52. The van der Waals surface area contributed by atoms with Crippen LogP contribution in [0.4, 0.5) is 5.69 Å². The summed E-state index contributed by atoms with van der Waals surface area (Å²) in [6, 6.07) is 8.28. The lowest BCUT2D eigenvalue weighted by atomic mass is 9.85. The van der Waals surface area contributed by atoms with Crippen LogP contribution < -0.4 is 11.1 Å². The zero-order valence-corrected chi connectivity index (χ0v) is 13.1. The number of benzene rings is 1. The maximum Gasteiger partial charge on any atom is 0.0597 e. The molecule has 0 aromatic heterocycles.